The minimum absolute atomic E-state index is 0.0355. The fraction of sp³-hybridized carbons (Fsp3) is 0.222. The van der Waals surface area contributed by atoms with Crippen molar-refractivity contribution in [2.45, 2.75) is 12.5 Å². The van der Waals surface area contributed by atoms with Gasteiger partial charge >= 0.3 is 6.09 Å². The molecule has 0 radical (unpaired) electrons. The van der Waals surface area contributed by atoms with E-state index in [9.17, 15) is 18.4 Å². The molecule has 0 fully saturated rings. The van der Waals surface area contributed by atoms with Crippen molar-refractivity contribution in [3.63, 3.8) is 0 Å². The monoisotopic (exact) mass is 396 g/mol. The summed E-state index contributed by atoms with van der Waals surface area (Å²) in [6.07, 6.45) is -0.402. The number of ether oxygens (including phenoxy) is 2. The Bertz CT molecular complexity index is 907. The van der Waals surface area contributed by atoms with Crippen LogP contribution < -0.4 is 15.4 Å². The summed E-state index contributed by atoms with van der Waals surface area (Å²) in [5.41, 5.74) is 0.407. The van der Waals surface area contributed by atoms with Crippen molar-refractivity contribution in [2.24, 2.45) is 0 Å². The van der Waals surface area contributed by atoms with Crippen LogP contribution in [0.4, 0.5) is 19.3 Å². The van der Waals surface area contributed by atoms with Crippen LogP contribution in [0.1, 0.15) is 28.4 Å². The van der Waals surface area contributed by atoms with Crippen molar-refractivity contribution in [3.8, 4) is 5.75 Å². The Morgan fingerprint density at radius 3 is 2.67 bits per heavy atom. The minimum Gasteiger partial charge on any atom is -0.492 e. The van der Waals surface area contributed by atoms with Gasteiger partial charge in [-0.3, -0.25) is 4.79 Å². The van der Waals surface area contributed by atoms with Crippen LogP contribution in [0.25, 0.3) is 0 Å². The minimum atomic E-state index is -0.719. The molecule has 27 heavy (non-hydrogen) atoms. The third-order valence-corrected chi connectivity index (χ3v) is 4.33. The lowest BCUT2D eigenvalue weighted by molar-refractivity contribution is 0.102. The van der Waals surface area contributed by atoms with E-state index in [2.05, 4.69) is 15.4 Å². The Kier molecular flexibility index (Phi) is 5.46. The molecule has 6 nitrogen and oxygen atoms in total. The maximum Gasteiger partial charge on any atom is 0.407 e. The van der Waals surface area contributed by atoms with Gasteiger partial charge in [0.1, 0.15) is 17.4 Å². The van der Waals surface area contributed by atoms with E-state index in [4.69, 9.17) is 16.3 Å². The van der Waals surface area contributed by atoms with Crippen molar-refractivity contribution in [3.05, 3.63) is 58.1 Å². The molecule has 0 saturated carbocycles. The summed E-state index contributed by atoms with van der Waals surface area (Å²) in [5.74, 6) is -1.79. The predicted octanol–water partition coefficient (Wildman–Crippen LogP) is 4.05. The summed E-state index contributed by atoms with van der Waals surface area (Å²) in [6.45, 7) is 0.174. The van der Waals surface area contributed by atoms with Gasteiger partial charge in [0.05, 0.1) is 35.9 Å². The summed E-state index contributed by atoms with van der Waals surface area (Å²) >= 11 is 5.71. The Labute approximate surface area is 158 Å². The normalized spacial score (nSPS) is 15.3. The number of hydrogen-bond donors (Lipinski definition) is 2. The summed E-state index contributed by atoms with van der Waals surface area (Å²) < 4.78 is 37.7. The van der Waals surface area contributed by atoms with Crippen molar-refractivity contribution < 1.29 is 27.8 Å². The molecule has 142 valence electrons. The van der Waals surface area contributed by atoms with E-state index in [-0.39, 0.29) is 34.2 Å². The van der Waals surface area contributed by atoms with Gasteiger partial charge in [0, 0.05) is 12.1 Å². The van der Waals surface area contributed by atoms with Crippen LogP contribution in [0.2, 0.25) is 5.02 Å². The Morgan fingerprint density at radius 2 is 1.96 bits per heavy atom. The van der Waals surface area contributed by atoms with E-state index in [1.807, 2.05) is 0 Å². The zero-order chi connectivity index (χ0) is 19.6. The van der Waals surface area contributed by atoms with E-state index in [1.165, 1.54) is 25.3 Å². The van der Waals surface area contributed by atoms with Gasteiger partial charge in [0.2, 0.25) is 0 Å². The van der Waals surface area contributed by atoms with Gasteiger partial charge in [-0.2, -0.15) is 0 Å². The summed E-state index contributed by atoms with van der Waals surface area (Å²) in [5, 5.41) is 4.94. The zero-order valence-electron chi connectivity index (χ0n) is 14.1. The molecule has 0 saturated heterocycles. The summed E-state index contributed by atoms with van der Waals surface area (Å²) in [6, 6.07) is 5.41. The number of anilines is 1. The molecule has 2 N–H and O–H groups in total. The van der Waals surface area contributed by atoms with Gasteiger partial charge in [0.25, 0.3) is 5.91 Å². The first-order chi connectivity index (χ1) is 12.9. The SMILES string of the molecule is COC(=O)N[C@H]1CCOc2c(C(=O)Nc3ccc(F)c(Cl)c3)ccc(F)c21. The van der Waals surface area contributed by atoms with Gasteiger partial charge in [0.15, 0.2) is 0 Å². The largest absolute Gasteiger partial charge is 0.492 e. The fourth-order valence-corrected chi connectivity index (χ4v) is 2.96. The highest BCUT2D eigenvalue weighted by molar-refractivity contribution is 6.31. The lowest BCUT2D eigenvalue weighted by Gasteiger charge is -2.28. The molecule has 3 rings (SSSR count). The number of alkyl carbamates (subject to hydrolysis) is 1. The quantitative estimate of drug-likeness (QED) is 0.820. The molecule has 2 amide bonds. The second kappa shape index (κ2) is 7.79. The number of nitrogens with one attached hydrogen (secondary N) is 2. The lowest BCUT2D eigenvalue weighted by Crippen LogP contribution is -2.33. The number of methoxy groups -OCH3 is 1. The first-order valence-electron chi connectivity index (χ1n) is 7.96. The molecule has 2 aromatic rings. The van der Waals surface area contributed by atoms with Crippen molar-refractivity contribution >= 4 is 29.3 Å². The maximum atomic E-state index is 14.4. The van der Waals surface area contributed by atoms with Crippen LogP contribution in [0.15, 0.2) is 30.3 Å². The number of halogens is 3. The third kappa shape index (κ3) is 3.95. The van der Waals surface area contributed by atoms with Crippen molar-refractivity contribution in [2.75, 3.05) is 19.0 Å². The van der Waals surface area contributed by atoms with E-state index in [0.29, 0.717) is 6.42 Å². The van der Waals surface area contributed by atoms with Crippen LogP contribution in [-0.4, -0.2) is 25.7 Å². The van der Waals surface area contributed by atoms with Gasteiger partial charge in [-0.25, -0.2) is 13.6 Å². The molecular weight excluding hydrogens is 382 g/mol. The summed E-state index contributed by atoms with van der Waals surface area (Å²) in [4.78, 5) is 24.1. The van der Waals surface area contributed by atoms with Crippen molar-refractivity contribution in [1.82, 2.24) is 5.32 Å². The number of carbonyl (C=O) groups excluding carboxylic acids is 2. The predicted molar refractivity (Wildman–Crippen MR) is 94.2 cm³/mol. The molecule has 0 aromatic heterocycles. The second-order valence-corrected chi connectivity index (χ2v) is 6.15. The lowest BCUT2D eigenvalue weighted by atomic mass is 9.96. The molecule has 0 bridgehead atoms. The van der Waals surface area contributed by atoms with E-state index in [1.54, 1.807) is 0 Å². The second-order valence-electron chi connectivity index (χ2n) is 5.75. The molecule has 0 spiro atoms. The summed E-state index contributed by atoms with van der Waals surface area (Å²) in [7, 11) is 1.20. The van der Waals surface area contributed by atoms with Crippen LogP contribution in [-0.2, 0) is 4.74 Å². The average molecular weight is 397 g/mol. The Hall–Kier alpha value is -2.87. The topological polar surface area (TPSA) is 76.7 Å². The van der Waals surface area contributed by atoms with Gasteiger partial charge < -0.3 is 20.1 Å². The molecule has 0 unspecified atom stereocenters. The number of amides is 2. The van der Waals surface area contributed by atoms with Gasteiger partial charge in [-0.1, -0.05) is 11.6 Å². The van der Waals surface area contributed by atoms with Crippen LogP contribution >= 0.6 is 11.6 Å². The van der Waals surface area contributed by atoms with Crippen LogP contribution in [0.5, 0.6) is 5.75 Å². The number of rotatable bonds is 3. The third-order valence-electron chi connectivity index (χ3n) is 4.04. The van der Waals surface area contributed by atoms with Crippen LogP contribution in [0.3, 0.4) is 0 Å². The average Bonchev–Trinajstić information content (AvgIpc) is 2.65. The first kappa shape index (κ1) is 18.9. The molecule has 9 heteroatoms. The first-order valence-corrected chi connectivity index (χ1v) is 8.34. The van der Waals surface area contributed by atoms with Gasteiger partial charge in [-0.05, 0) is 30.3 Å². The van der Waals surface area contributed by atoms with E-state index < -0.39 is 29.7 Å². The molecule has 1 heterocycles. The van der Waals surface area contributed by atoms with Crippen molar-refractivity contribution in [1.29, 1.82) is 0 Å². The van der Waals surface area contributed by atoms with E-state index >= 15 is 0 Å². The zero-order valence-corrected chi connectivity index (χ0v) is 14.9. The highest BCUT2D eigenvalue weighted by atomic mass is 35.5. The molecule has 1 atom stereocenters. The van der Waals surface area contributed by atoms with Crippen LogP contribution in [0, 0.1) is 11.6 Å². The molecule has 0 aliphatic carbocycles. The number of hydrogen-bond acceptors (Lipinski definition) is 4. The molecular formula is C18H15ClF2N2O4. The highest BCUT2D eigenvalue weighted by Gasteiger charge is 2.30. The fourth-order valence-electron chi connectivity index (χ4n) is 2.78. The number of benzene rings is 2. The maximum absolute atomic E-state index is 14.4. The standard InChI is InChI=1S/C18H15ClF2N2O4/c1-26-18(25)23-14-6-7-27-16-10(3-5-13(21)15(14)16)17(24)22-9-2-4-12(20)11(19)8-9/h2-5,8,14H,6-7H2,1H3,(H,22,24)(H,23,25)/t14-/m0/s1. The number of fused-ring (bicyclic) bond motifs is 1. The van der Waals surface area contributed by atoms with E-state index in [0.717, 1.165) is 12.1 Å². The molecule has 1 aliphatic heterocycles. The Balaban J connectivity index is 1.92. The van der Waals surface area contributed by atoms with Gasteiger partial charge in [-0.15, -0.1) is 0 Å². The smallest absolute Gasteiger partial charge is 0.407 e. The molecule has 1 aliphatic rings. The molecule has 2 aromatic carbocycles. The Morgan fingerprint density at radius 1 is 1.22 bits per heavy atom. The number of carbonyl (C=O) groups is 2. The highest BCUT2D eigenvalue weighted by Crippen LogP contribution is 2.37.